The van der Waals surface area contributed by atoms with E-state index < -0.39 is 6.36 Å². The molecule has 3 heterocycles. The molecule has 0 unspecified atom stereocenters. The summed E-state index contributed by atoms with van der Waals surface area (Å²) in [4.78, 5) is 20.0. The summed E-state index contributed by atoms with van der Waals surface area (Å²) in [7, 11) is 1.60. The maximum atomic E-state index is 13.1. The topological polar surface area (TPSA) is 68.1 Å². The summed E-state index contributed by atoms with van der Waals surface area (Å²) in [5.41, 5.74) is 5.05. The summed E-state index contributed by atoms with van der Waals surface area (Å²) in [6, 6.07) is 17.9. The predicted molar refractivity (Wildman–Crippen MR) is 146 cm³/mol. The van der Waals surface area contributed by atoms with Crippen molar-refractivity contribution in [2.75, 3.05) is 25.1 Å². The molecular weight excluding hydrogens is 521 g/mol. The van der Waals surface area contributed by atoms with E-state index in [-0.39, 0.29) is 11.7 Å². The molecule has 1 saturated heterocycles. The first kappa shape index (κ1) is 27.4. The lowest BCUT2D eigenvalue weighted by Crippen LogP contribution is -2.32. The van der Waals surface area contributed by atoms with Gasteiger partial charge in [-0.3, -0.25) is 9.20 Å². The number of methoxy groups -OCH3 is 1. The van der Waals surface area contributed by atoms with Gasteiger partial charge in [-0.25, -0.2) is 4.98 Å². The second kappa shape index (κ2) is 11.5. The van der Waals surface area contributed by atoms with E-state index in [2.05, 4.69) is 32.1 Å². The number of aryl methyl sites for hydroxylation is 1. The van der Waals surface area contributed by atoms with Crippen molar-refractivity contribution in [3.05, 3.63) is 89.4 Å². The standard InChI is InChI=1S/C30H31F3N4O3/c1-3-26-28(37-17-14-25(39-2)18-27(37)35-26)29(38)34-19-20-4-8-23(9-5-20)36-15-12-22(13-16-36)21-6-10-24(11-7-21)40-30(31,32)33/h4-11,14,17-18,22H,3,12-13,15-16,19H2,1-2H3,(H,34,38). The minimum atomic E-state index is -4.68. The minimum absolute atomic E-state index is 0.182. The number of rotatable bonds is 8. The van der Waals surface area contributed by atoms with Gasteiger partial charge in [0.1, 0.15) is 22.8 Å². The summed E-state index contributed by atoms with van der Waals surface area (Å²) in [5.74, 6) is 0.595. The number of amides is 1. The number of nitrogens with one attached hydrogen (secondary N) is 1. The van der Waals surface area contributed by atoms with E-state index in [1.165, 1.54) is 12.1 Å². The number of imidazole rings is 1. The number of carbonyl (C=O) groups is 1. The van der Waals surface area contributed by atoms with Gasteiger partial charge in [-0.2, -0.15) is 0 Å². The number of hydrogen-bond donors (Lipinski definition) is 1. The van der Waals surface area contributed by atoms with E-state index in [0.717, 1.165) is 48.4 Å². The van der Waals surface area contributed by atoms with Crippen LogP contribution in [0.3, 0.4) is 0 Å². The first-order valence-electron chi connectivity index (χ1n) is 13.3. The van der Waals surface area contributed by atoms with Gasteiger partial charge in [0.2, 0.25) is 0 Å². The van der Waals surface area contributed by atoms with Crippen LogP contribution in [0.15, 0.2) is 66.9 Å². The molecule has 0 atom stereocenters. The number of ether oxygens (including phenoxy) is 2. The van der Waals surface area contributed by atoms with E-state index in [1.54, 1.807) is 42.0 Å². The molecule has 0 spiro atoms. The van der Waals surface area contributed by atoms with E-state index in [1.807, 2.05) is 19.1 Å². The zero-order chi connectivity index (χ0) is 28.3. The Hall–Kier alpha value is -4.21. The molecule has 2 aromatic heterocycles. The molecule has 0 saturated carbocycles. The van der Waals surface area contributed by atoms with Crippen LogP contribution >= 0.6 is 0 Å². The molecule has 1 fully saturated rings. The molecule has 210 valence electrons. The van der Waals surface area contributed by atoms with Gasteiger partial charge < -0.3 is 19.7 Å². The van der Waals surface area contributed by atoms with Crippen LogP contribution in [-0.2, 0) is 13.0 Å². The number of aromatic nitrogens is 2. The zero-order valence-electron chi connectivity index (χ0n) is 22.4. The third-order valence-corrected chi connectivity index (χ3v) is 7.29. The molecule has 7 nitrogen and oxygen atoms in total. The van der Waals surface area contributed by atoms with Crippen LogP contribution in [0, 0.1) is 0 Å². The number of pyridine rings is 1. The van der Waals surface area contributed by atoms with E-state index in [0.29, 0.717) is 36.0 Å². The molecule has 1 amide bonds. The lowest BCUT2D eigenvalue weighted by Gasteiger charge is -2.34. The highest BCUT2D eigenvalue weighted by Gasteiger charge is 2.31. The quantitative estimate of drug-likeness (QED) is 0.285. The number of benzene rings is 2. The van der Waals surface area contributed by atoms with Crippen molar-refractivity contribution in [1.82, 2.24) is 14.7 Å². The van der Waals surface area contributed by atoms with Gasteiger partial charge >= 0.3 is 6.36 Å². The van der Waals surface area contributed by atoms with E-state index >= 15 is 0 Å². The average molecular weight is 553 g/mol. The number of piperidine rings is 1. The first-order chi connectivity index (χ1) is 19.2. The fraction of sp³-hybridized carbons (Fsp3) is 0.333. The summed E-state index contributed by atoms with van der Waals surface area (Å²) in [5, 5.41) is 3.02. The van der Waals surface area contributed by atoms with Gasteiger partial charge in [-0.1, -0.05) is 31.2 Å². The molecule has 4 aromatic rings. The summed E-state index contributed by atoms with van der Waals surface area (Å²) in [6.07, 6.45) is -0.443. The Morgan fingerprint density at radius 2 is 1.73 bits per heavy atom. The lowest BCUT2D eigenvalue weighted by molar-refractivity contribution is -0.274. The first-order valence-corrected chi connectivity index (χ1v) is 13.3. The number of hydrogen-bond acceptors (Lipinski definition) is 5. The van der Waals surface area contributed by atoms with Gasteiger partial charge in [0.05, 0.1) is 12.8 Å². The fourth-order valence-electron chi connectivity index (χ4n) is 5.19. The zero-order valence-corrected chi connectivity index (χ0v) is 22.4. The number of fused-ring (bicyclic) bond motifs is 1. The summed E-state index contributed by atoms with van der Waals surface area (Å²) < 4.78 is 48.3. The Bertz CT molecular complexity index is 1460. The van der Waals surface area contributed by atoms with Gasteiger partial charge in [0.15, 0.2) is 0 Å². The molecule has 40 heavy (non-hydrogen) atoms. The number of halogens is 3. The highest BCUT2D eigenvalue weighted by molar-refractivity contribution is 5.94. The number of nitrogens with zero attached hydrogens (tertiary/aromatic N) is 3. The molecular formula is C30H31F3N4O3. The molecule has 1 aliphatic heterocycles. The predicted octanol–water partition coefficient (Wildman–Crippen LogP) is 6.12. The van der Waals surface area contributed by atoms with E-state index in [4.69, 9.17) is 4.74 Å². The van der Waals surface area contributed by atoms with Gasteiger partial charge in [-0.15, -0.1) is 13.2 Å². The molecule has 1 N–H and O–H groups in total. The molecule has 0 bridgehead atoms. The van der Waals surface area contributed by atoms with E-state index in [9.17, 15) is 18.0 Å². The molecule has 10 heteroatoms. The van der Waals surface area contributed by atoms with Crippen LogP contribution in [0.5, 0.6) is 11.5 Å². The third-order valence-electron chi connectivity index (χ3n) is 7.29. The number of alkyl halides is 3. The Kier molecular flexibility index (Phi) is 7.86. The second-order valence-corrected chi connectivity index (χ2v) is 9.78. The van der Waals surface area contributed by atoms with Crippen molar-refractivity contribution in [2.45, 2.75) is 45.0 Å². The third kappa shape index (κ3) is 6.16. The number of carbonyl (C=O) groups excluding carboxylic acids is 1. The summed E-state index contributed by atoms with van der Waals surface area (Å²) in [6.45, 7) is 4.06. The van der Waals surface area contributed by atoms with Crippen molar-refractivity contribution in [1.29, 1.82) is 0 Å². The number of anilines is 1. The Morgan fingerprint density at radius 1 is 1.02 bits per heavy atom. The Morgan fingerprint density at radius 3 is 2.35 bits per heavy atom. The van der Waals surface area contributed by atoms with Gasteiger partial charge in [0, 0.05) is 37.6 Å². The second-order valence-electron chi connectivity index (χ2n) is 9.78. The minimum Gasteiger partial charge on any atom is -0.497 e. The molecule has 2 aromatic carbocycles. The van der Waals surface area contributed by atoms with Crippen molar-refractivity contribution >= 4 is 17.2 Å². The monoisotopic (exact) mass is 552 g/mol. The molecule has 5 rings (SSSR count). The van der Waals surface area contributed by atoms with Crippen LogP contribution in [0.2, 0.25) is 0 Å². The summed E-state index contributed by atoms with van der Waals surface area (Å²) >= 11 is 0. The Labute approximate surface area is 230 Å². The van der Waals surface area contributed by atoms with Crippen molar-refractivity contribution < 1.29 is 27.4 Å². The van der Waals surface area contributed by atoms with Crippen molar-refractivity contribution in [2.24, 2.45) is 0 Å². The SMILES string of the molecule is CCc1nc2cc(OC)ccn2c1C(=O)NCc1ccc(N2CCC(c3ccc(OC(F)(F)F)cc3)CC2)cc1. The average Bonchev–Trinajstić information content (AvgIpc) is 3.34. The smallest absolute Gasteiger partial charge is 0.497 e. The Balaban J connectivity index is 1.16. The molecule has 1 aliphatic rings. The van der Waals surface area contributed by atoms with Gasteiger partial charge in [-0.05, 0) is 66.6 Å². The van der Waals surface area contributed by atoms with Gasteiger partial charge in [0.25, 0.3) is 5.91 Å². The highest BCUT2D eigenvalue weighted by atomic mass is 19.4. The normalized spacial score (nSPS) is 14.4. The lowest BCUT2D eigenvalue weighted by atomic mass is 9.89. The van der Waals surface area contributed by atoms with Crippen LogP contribution in [0.1, 0.15) is 53.0 Å². The van der Waals surface area contributed by atoms with Crippen LogP contribution in [0.4, 0.5) is 18.9 Å². The maximum absolute atomic E-state index is 13.1. The molecule has 0 aliphatic carbocycles. The highest BCUT2D eigenvalue weighted by Crippen LogP contribution is 2.32. The van der Waals surface area contributed by atoms with Crippen LogP contribution in [0.25, 0.3) is 5.65 Å². The maximum Gasteiger partial charge on any atom is 0.573 e. The van der Waals surface area contributed by atoms with Crippen molar-refractivity contribution in [3.63, 3.8) is 0 Å². The fourth-order valence-corrected chi connectivity index (χ4v) is 5.19. The van der Waals surface area contributed by atoms with Crippen molar-refractivity contribution in [3.8, 4) is 11.5 Å². The molecule has 0 radical (unpaired) electrons. The van der Waals surface area contributed by atoms with Crippen LogP contribution < -0.4 is 19.7 Å². The largest absolute Gasteiger partial charge is 0.573 e. The van der Waals surface area contributed by atoms with Crippen LogP contribution in [-0.4, -0.2) is 41.9 Å².